The van der Waals surface area contributed by atoms with Gasteiger partial charge in [-0.3, -0.25) is 0 Å². The van der Waals surface area contributed by atoms with E-state index in [1.807, 2.05) is 0 Å². The van der Waals surface area contributed by atoms with E-state index >= 15 is 0 Å². The van der Waals surface area contributed by atoms with Crippen LogP contribution in [-0.4, -0.2) is 37.1 Å². The highest BCUT2D eigenvalue weighted by Crippen LogP contribution is 2.17. The highest BCUT2D eigenvalue weighted by Gasteiger charge is 2.27. The molecular weight excluding hydrogens is 148 g/mol. The fourth-order valence-corrected chi connectivity index (χ4v) is 1.85. The van der Waals surface area contributed by atoms with Gasteiger partial charge in [-0.15, -0.1) is 0 Å². The number of likely N-dealkylation sites (N-methyl/N-ethyl adjacent to an activating group) is 1. The van der Waals surface area contributed by atoms with Crippen LogP contribution in [0.15, 0.2) is 0 Å². The fraction of sp³-hybridized carbons (Fsp3) is 1.00. The summed E-state index contributed by atoms with van der Waals surface area (Å²) in [5, 5.41) is 3.58. The van der Waals surface area contributed by atoms with Gasteiger partial charge in [0.15, 0.2) is 0 Å². The van der Waals surface area contributed by atoms with E-state index in [1.165, 1.54) is 13.0 Å². The largest absolute Gasteiger partial charge is 0.312 e. The molecule has 1 heterocycles. The van der Waals surface area contributed by atoms with E-state index in [2.05, 4.69) is 38.0 Å². The zero-order chi connectivity index (χ0) is 9.14. The molecule has 2 unspecified atom stereocenters. The maximum Gasteiger partial charge on any atom is 0.0232 e. The van der Waals surface area contributed by atoms with Crippen molar-refractivity contribution in [3.8, 4) is 0 Å². The highest BCUT2D eigenvalue weighted by molar-refractivity contribution is 4.87. The predicted molar refractivity (Wildman–Crippen MR) is 53.3 cm³/mol. The van der Waals surface area contributed by atoms with Crippen molar-refractivity contribution in [1.82, 2.24) is 10.2 Å². The number of nitrogens with one attached hydrogen (secondary N) is 1. The van der Waals surface area contributed by atoms with Crippen molar-refractivity contribution >= 4 is 0 Å². The average Bonchev–Trinajstić information content (AvgIpc) is 2.51. The van der Waals surface area contributed by atoms with Crippen LogP contribution in [0.5, 0.6) is 0 Å². The Morgan fingerprint density at radius 2 is 2.17 bits per heavy atom. The van der Waals surface area contributed by atoms with Crippen LogP contribution in [-0.2, 0) is 0 Å². The van der Waals surface area contributed by atoms with Gasteiger partial charge in [-0.2, -0.15) is 0 Å². The lowest BCUT2D eigenvalue weighted by atomic mass is 10.0. The maximum atomic E-state index is 3.58. The van der Waals surface area contributed by atoms with Crippen molar-refractivity contribution in [2.75, 3.05) is 20.1 Å². The minimum atomic E-state index is 0.740. The number of hydrogen-bond donors (Lipinski definition) is 1. The van der Waals surface area contributed by atoms with E-state index in [9.17, 15) is 0 Å². The maximum absolute atomic E-state index is 3.58. The summed E-state index contributed by atoms with van der Waals surface area (Å²) >= 11 is 0. The second kappa shape index (κ2) is 4.24. The Labute approximate surface area is 76.3 Å². The molecule has 1 fully saturated rings. The highest BCUT2D eigenvalue weighted by atomic mass is 15.2. The van der Waals surface area contributed by atoms with Crippen molar-refractivity contribution < 1.29 is 0 Å². The van der Waals surface area contributed by atoms with Crippen molar-refractivity contribution in [3.05, 3.63) is 0 Å². The van der Waals surface area contributed by atoms with Gasteiger partial charge in [0, 0.05) is 18.6 Å². The van der Waals surface area contributed by atoms with E-state index in [0.717, 1.165) is 24.5 Å². The first-order valence-electron chi connectivity index (χ1n) is 5.08. The molecule has 0 aliphatic carbocycles. The summed E-state index contributed by atoms with van der Waals surface area (Å²) in [5.74, 6) is 0.778. The van der Waals surface area contributed by atoms with Crippen LogP contribution < -0.4 is 5.32 Å². The minimum absolute atomic E-state index is 0.740. The van der Waals surface area contributed by atoms with Gasteiger partial charge in [0.2, 0.25) is 0 Å². The minimum Gasteiger partial charge on any atom is -0.312 e. The predicted octanol–water partition coefficient (Wildman–Crippen LogP) is 1.32. The Kier molecular flexibility index (Phi) is 3.53. The zero-order valence-corrected chi connectivity index (χ0v) is 8.80. The molecule has 2 nitrogen and oxygen atoms in total. The second-order valence-electron chi connectivity index (χ2n) is 4.22. The third-order valence-corrected chi connectivity index (χ3v) is 3.07. The van der Waals surface area contributed by atoms with Gasteiger partial charge in [-0.1, -0.05) is 20.8 Å². The molecule has 0 aromatic carbocycles. The Morgan fingerprint density at radius 3 is 2.58 bits per heavy atom. The first kappa shape index (κ1) is 10.0. The van der Waals surface area contributed by atoms with Gasteiger partial charge in [0.25, 0.3) is 0 Å². The van der Waals surface area contributed by atoms with E-state index < -0.39 is 0 Å². The summed E-state index contributed by atoms with van der Waals surface area (Å²) in [6, 6.07) is 1.51. The molecule has 1 aliphatic heterocycles. The van der Waals surface area contributed by atoms with Crippen LogP contribution in [0.1, 0.15) is 27.2 Å². The number of rotatable bonds is 3. The van der Waals surface area contributed by atoms with Gasteiger partial charge in [-0.25, -0.2) is 0 Å². The Balaban J connectivity index is 2.35. The zero-order valence-electron chi connectivity index (χ0n) is 8.80. The lowest BCUT2D eigenvalue weighted by Crippen LogP contribution is -2.32. The van der Waals surface area contributed by atoms with Crippen molar-refractivity contribution in [1.29, 1.82) is 0 Å². The van der Waals surface area contributed by atoms with Crippen LogP contribution in [0, 0.1) is 5.92 Å². The summed E-state index contributed by atoms with van der Waals surface area (Å²) in [6.45, 7) is 9.16. The molecule has 1 saturated heterocycles. The molecule has 72 valence electrons. The number of hydrogen-bond acceptors (Lipinski definition) is 2. The van der Waals surface area contributed by atoms with Crippen molar-refractivity contribution in [2.24, 2.45) is 5.92 Å². The smallest absolute Gasteiger partial charge is 0.0232 e. The van der Waals surface area contributed by atoms with Crippen LogP contribution in [0.4, 0.5) is 0 Å². The molecule has 0 radical (unpaired) electrons. The summed E-state index contributed by atoms with van der Waals surface area (Å²) in [7, 11) is 2.22. The fourth-order valence-electron chi connectivity index (χ4n) is 1.85. The normalized spacial score (nSPS) is 30.5. The van der Waals surface area contributed by atoms with Crippen LogP contribution in [0.2, 0.25) is 0 Å². The molecule has 1 N–H and O–H groups in total. The Bertz CT molecular complexity index is 134. The molecule has 0 amide bonds. The Hall–Kier alpha value is -0.0800. The monoisotopic (exact) mass is 170 g/mol. The van der Waals surface area contributed by atoms with E-state index in [-0.39, 0.29) is 0 Å². The van der Waals surface area contributed by atoms with Crippen LogP contribution in [0.25, 0.3) is 0 Å². The molecule has 0 bridgehead atoms. The van der Waals surface area contributed by atoms with Gasteiger partial charge in [0.05, 0.1) is 0 Å². The molecule has 2 heteroatoms. The molecule has 0 aromatic rings. The van der Waals surface area contributed by atoms with Crippen LogP contribution >= 0.6 is 0 Å². The van der Waals surface area contributed by atoms with Crippen molar-refractivity contribution in [2.45, 2.75) is 39.3 Å². The van der Waals surface area contributed by atoms with Gasteiger partial charge in [0.1, 0.15) is 0 Å². The van der Waals surface area contributed by atoms with Crippen molar-refractivity contribution in [3.63, 3.8) is 0 Å². The number of nitrogens with zero attached hydrogens (tertiary/aromatic N) is 1. The molecule has 0 saturated carbocycles. The molecule has 0 spiro atoms. The molecule has 12 heavy (non-hydrogen) atoms. The molecule has 1 rings (SSSR count). The van der Waals surface area contributed by atoms with Crippen LogP contribution in [0.3, 0.4) is 0 Å². The molecule has 2 atom stereocenters. The summed E-state index contributed by atoms with van der Waals surface area (Å²) < 4.78 is 0. The summed E-state index contributed by atoms with van der Waals surface area (Å²) in [6.07, 6.45) is 1.32. The SMILES string of the molecule is CCN(C)C1CNC(C(C)C)C1. The molecular formula is C10H22N2. The van der Waals surface area contributed by atoms with Gasteiger partial charge in [-0.05, 0) is 25.9 Å². The quantitative estimate of drug-likeness (QED) is 0.687. The lowest BCUT2D eigenvalue weighted by Gasteiger charge is -2.22. The average molecular weight is 170 g/mol. The second-order valence-corrected chi connectivity index (χ2v) is 4.22. The lowest BCUT2D eigenvalue weighted by molar-refractivity contribution is 0.263. The first-order valence-corrected chi connectivity index (χ1v) is 5.08. The van der Waals surface area contributed by atoms with E-state index in [0.29, 0.717) is 0 Å². The standard InChI is InChI=1S/C10H22N2/c1-5-12(4)9-6-10(8(2)3)11-7-9/h8-11H,5-7H2,1-4H3. The molecule has 0 aromatic heterocycles. The van der Waals surface area contributed by atoms with Gasteiger partial charge < -0.3 is 10.2 Å². The van der Waals surface area contributed by atoms with Gasteiger partial charge >= 0.3 is 0 Å². The third kappa shape index (κ3) is 2.20. The first-order chi connectivity index (χ1) is 5.65. The topological polar surface area (TPSA) is 15.3 Å². The third-order valence-electron chi connectivity index (χ3n) is 3.07. The Morgan fingerprint density at radius 1 is 1.50 bits per heavy atom. The van der Waals surface area contributed by atoms with E-state index in [4.69, 9.17) is 0 Å². The summed E-state index contributed by atoms with van der Waals surface area (Å²) in [5.41, 5.74) is 0. The van der Waals surface area contributed by atoms with E-state index in [1.54, 1.807) is 0 Å². The summed E-state index contributed by atoms with van der Waals surface area (Å²) in [4.78, 5) is 2.44. The molecule has 1 aliphatic rings.